The van der Waals surface area contributed by atoms with Gasteiger partial charge in [0.1, 0.15) is 5.58 Å². The highest BCUT2D eigenvalue weighted by molar-refractivity contribution is 6.09. The lowest BCUT2D eigenvalue weighted by Crippen LogP contribution is -2.01. The average molecular weight is 372 g/mol. The first-order valence-electron chi connectivity index (χ1n) is 9.99. The van der Waals surface area contributed by atoms with E-state index >= 15 is 0 Å². The van der Waals surface area contributed by atoms with Gasteiger partial charge in [-0.3, -0.25) is 0 Å². The van der Waals surface area contributed by atoms with Gasteiger partial charge in [-0.25, -0.2) is 4.79 Å². The predicted octanol–water partition coefficient (Wildman–Crippen LogP) is 6.09. The van der Waals surface area contributed by atoms with Crippen LogP contribution in [0.25, 0.3) is 44.0 Å². The van der Waals surface area contributed by atoms with Crippen molar-refractivity contribution < 1.29 is 4.42 Å². The normalized spacial score (nSPS) is 13.4. The Kier molecular flexibility index (Phi) is 2.76. The molecule has 0 saturated carbocycles. The van der Waals surface area contributed by atoms with E-state index in [4.69, 9.17) is 4.42 Å². The van der Waals surface area contributed by atoms with Gasteiger partial charge in [0.15, 0.2) is 0 Å². The van der Waals surface area contributed by atoms with Gasteiger partial charge in [-0.2, -0.15) is 0 Å². The number of hydrogen-bond acceptors (Lipinski definition) is 2. The van der Waals surface area contributed by atoms with Gasteiger partial charge in [-0.05, 0) is 81.6 Å². The van der Waals surface area contributed by atoms with E-state index in [-0.39, 0.29) is 5.63 Å². The minimum Gasteiger partial charge on any atom is -0.422 e. The zero-order valence-electron chi connectivity index (χ0n) is 15.7. The van der Waals surface area contributed by atoms with Crippen LogP contribution in [0.4, 0.5) is 0 Å². The minimum atomic E-state index is -0.248. The summed E-state index contributed by atoms with van der Waals surface area (Å²) in [5.74, 6) is 0. The molecule has 29 heavy (non-hydrogen) atoms. The number of benzene rings is 4. The standard InChI is InChI=1S/C27H16O2/c28-27-25-11-17-9-15-5-1-3-7-19(15)21(17)13-23(25)24-14-22-18(12-26(24)29-27)10-16-6-2-4-8-20(16)22/h1-8,11-14H,9-10H2. The second-order valence-corrected chi connectivity index (χ2v) is 8.12. The third-order valence-corrected chi connectivity index (χ3v) is 6.54. The molecule has 2 aliphatic carbocycles. The molecule has 2 nitrogen and oxygen atoms in total. The minimum absolute atomic E-state index is 0.248. The average Bonchev–Trinajstić information content (AvgIpc) is 3.29. The Morgan fingerprint density at radius 1 is 0.552 bits per heavy atom. The summed E-state index contributed by atoms with van der Waals surface area (Å²) >= 11 is 0. The molecule has 0 spiro atoms. The highest BCUT2D eigenvalue weighted by Crippen LogP contribution is 2.42. The Morgan fingerprint density at radius 3 is 1.83 bits per heavy atom. The van der Waals surface area contributed by atoms with Crippen LogP contribution < -0.4 is 5.63 Å². The maximum Gasteiger partial charge on any atom is 0.344 e. The van der Waals surface area contributed by atoms with E-state index < -0.39 is 0 Å². The van der Waals surface area contributed by atoms with Crippen molar-refractivity contribution in [2.75, 3.05) is 0 Å². The zero-order chi connectivity index (χ0) is 19.1. The van der Waals surface area contributed by atoms with E-state index in [1.54, 1.807) is 0 Å². The van der Waals surface area contributed by atoms with Crippen molar-refractivity contribution in [3.63, 3.8) is 0 Å². The summed E-state index contributed by atoms with van der Waals surface area (Å²) in [6, 6.07) is 25.6. The smallest absolute Gasteiger partial charge is 0.344 e. The molecule has 0 N–H and O–H groups in total. The fourth-order valence-corrected chi connectivity index (χ4v) is 5.19. The molecule has 1 aromatic heterocycles. The predicted molar refractivity (Wildman–Crippen MR) is 116 cm³/mol. The Labute approximate surface area is 167 Å². The van der Waals surface area contributed by atoms with Crippen LogP contribution in [0.2, 0.25) is 0 Å². The monoisotopic (exact) mass is 372 g/mol. The van der Waals surface area contributed by atoms with Crippen LogP contribution in [-0.4, -0.2) is 0 Å². The summed E-state index contributed by atoms with van der Waals surface area (Å²) in [6.45, 7) is 0. The van der Waals surface area contributed by atoms with Crippen molar-refractivity contribution in [3.8, 4) is 22.3 Å². The van der Waals surface area contributed by atoms with Gasteiger partial charge in [-0.1, -0.05) is 48.5 Å². The first-order valence-corrected chi connectivity index (χ1v) is 9.99. The van der Waals surface area contributed by atoms with Crippen molar-refractivity contribution in [1.29, 1.82) is 0 Å². The molecule has 2 aliphatic rings. The largest absolute Gasteiger partial charge is 0.422 e. The van der Waals surface area contributed by atoms with Gasteiger partial charge in [0, 0.05) is 10.8 Å². The molecule has 0 saturated heterocycles. The Hall–Kier alpha value is -3.65. The Bertz CT molecular complexity index is 1570. The lowest BCUT2D eigenvalue weighted by Gasteiger charge is -2.09. The number of fused-ring (bicyclic) bond motifs is 9. The summed E-state index contributed by atoms with van der Waals surface area (Å²) in [5, 5.41) is 2.68. The van der Waals surface area contributed by atoms with E-state index in [2.05, 4.69) is 66.7 Å². The number of rotatable bonds is 0. The second kappa shape index (κ2) is 5.24. The molecule has 2 heteroatoms. The summed E-state index contributed by atoms with van der Waals surface area (Å²) in [4.78, 5) is 12.8. The summed E-state index contributed by atoms with van der Waals surface area (Å²) in [5.41, 5.74) is 10.6. The second-order valence-electron chi connectivity index (χ2n) is 8.12. The van der Waals surface area contributed by atoms with Crippen molar-refractivity contribution in [2.24, 2.45) is 0 Å². The molecule has 1 heterocycles. The van der Waals surface area contributed by atoms with Crippen LogP contribution in [-0.2, 0) is 12.8 Å². The highest BCUT2D eigenvalue weighted by Gasteiger charge is 2.23. The van der Waals surface area contributed by atoms with Gasteiger partial charge in [0.25, 0.3) is 0 Å². The van der Waals surface area contributed by atoms with Crippen LogP contribution in [0.1, 0.15) is 22.3 Å². The van der Waals surface area contributed by atoms with Crippen molar-refractivity contribution in [3.05, 3.63) is 105 Å². The van der Waals surface area contributed by atoms with Gasteiger partial charge < -0.3 is 4.42 Å². The van der Waals surface area contributed by atoms with E-state index in [1.165, 1.54) is 44.5 Å². The molecule has 0 unspecified atom stereocenters. The summed E-state index contributed by atoms with van der Waals surface area (Å²) < 4.78 is 5.78. The van der Waals surface area contributed by atoms with E-state index in [0.29, 0.717) is 11.0 Å². The van der Waals surface area contributed by atoms with Crippen LogP contribution >= 0.6 is 0 Å². The molecule has 0 amide bonds. The number of hydrogen-bond donors (Lipinski definition) is 0. The molecule has 5 aromatic rings. The van der Waals surface area contributed by atoms with Crippen LogP contribution in [0.15, 0.2) is 82.0 Å². The first kappa shape index (κ1) is 15.3. The topological polar surface area (TPSA) is 30.2 Å². The van der Waals surface area contributed by atoms with E-state index in [1.807, 2.05) is 6.07 Å². The molecule has 7 rings (SSSR count). The van der Waals surface area contributed by atoms with E-state index in [0.717, 1.165) is 23.6 Å². The quantitative estimate of drug-likeness (QED) is 0.238. The molecular formula is C27H16O2. The summed E-state index contributed by atoms with van der Waals surface area (Å²) in [6.07, 6.45) is 1.76. The first-order chi connectivity index (χ1) is 14.3. The van der Waals surface area contributed by atoms with Crippen LogP contribution in [0, 0.1) is 0 Å². The lowest BCUT2D eigenvalue weighted by atomic mass is 9.97. The van der Waals surface area contributed by atoms with Gasteiger partial charge in [-0.15, -0.1) is 0 Å². The van der Waals surface area contributed by atoms with Crippen molar-refractivity contribution >= 4 is 21.7 Å². The van der Waals surface area contributed by atoms with Gasteiger partial charge >= 0.3 is 5.63 Å². The maximum atomic E-state index is 12.8. The molecule has 0 atom stereocenters. The molecule has 4 aromatic carbocycles. The lowest BCUT2D eigenvalue weighted by molar-refractivity contribution is 0.569. The van der Waals surface area contributed by atoms with Crippen molar-refractivity contribution in [1.82, 2.24) is 0 Å². The maximum absolute atomic E-state index is 12.8. The Balaban J connectivity index is 1.59. The molecule has 0 radical (unpaired) electrons. The molecule has 0 fully saturated rings. The van der Waals surface area contributed by atoms with Crippen molar-refractivity contribution in [2.45, 2.75) is 12.8 Å². The zero-order valence-corrected chi connectivity index (χ0v) is 15.7. The molecule has 0 aliphatic heterocycles. The van der Waals surface area contributed by atoms with Crippen LogP contribution in [0.5, 0.6) is 0 Å². The fourth-order valence-electron chi connectivity index (χ4n) is 5.19. The highest BCUT2D eigenvalue weighted by atomic mass is 16.4. The van der Waals surface area contributed by atoms with Crippen LogP contribution in [0.3, 0.4) is 0 Å². The fraction of sp³-hybridized carbons (Fsp3) is 0.0741. The molecule has 0 bridgehead atoms. The van der Waals surface area contributed by atoms with Gasteiger partial charge in [0.05, 0.1) is 5.39 Å². The summed E-state index contributed by atoms with van der Waals surface area (Å²) in [7, 11) is 0. The molecular weight excluding hydrogens is 356 g/mol. The van der Waals surface area contributed by atoms with E-state index in [9.17, 15) is 4.79 Å². The molecule has 136 valence electrons. The third kappa shape index (κ3) is 1.98. The Morgan fingerprint density at radius 2 is 1.14 bits per heavy atom. The third-order valence-electron chi connectivity index (χ3n) is 6.54. The van der Waals surface area contributed by atoms with Gasteiger partial charge in [0.2, 0.25) is 0 Å². The SMILES string of the molecule is O=c1oc2cc3c(cc2c2cc4c(cc12)Cc1ccccc1-4)-c1ccccc1C3.